The number of benzene rings is 1. The van der Waals surface area contributed by atoms with Crippen molar-refractivity contribution in [3.05, 3.63) is 53.5 Å². The third-order valence-electron chi connectivity index (χ3n) is 3.34. The van der Waals surface area contributed by atoms with Crippen LogP contribution in [-0.2, 0) is 4.74 Å². The molecular formula is C16H18FN5O2. The second kappa shape index (κ2) is 7.40. The minimum atomic E-state index is -0.478. The third kappa shape index (κ3) is 4.19. The first-order chi connectivity index (χ1) is 11.4. The average molecular weight is 331 g/mol. The summed E-state index contributed by atoms with van der Waals surface area (Å²) in [7, 11) is 1.36. The minimum Gasteiger partial charge on any atom is -0.481 e. The van der Waals surface area contributed by atoms with Crippen molar-refractivity contribution in [1.29, 1.82) is 5.41 Å². The number of hydrogen-bond donors (Lipinski definition) is 4. The molecule has 126 valence electrons. The Kier molecular flexibility index (Phi) is 5.31. The van der Waals surface area contributed by atoms with Gasteiger partial charge in [-0.15, -0.1) is 0 Å². The molecular weight excluding hydrogens is 313 g/mol. The average Bonchev–Trinajstić information content (AvgIpc) is 2.54. The zero-order chi connectivity index (χ0) is 17.7. The van der Waals surface area contributed by atoms with E-state index >= 15 is 0 Å². The normalized spacial score (nSPS) is 11.5. The molecule has 0 saturated heterocycles. The number of rotatable bonds is 4. The number of ether oxygens (including phenoxy) is 1. The predicted molar refractivity (Wildman–Crippen MR) is 89.5 cm³/mol. The number of nitrogens with two attached hydrogens (primary N) is 1. The van der Waals surface area contributed by atoms with Gasteiger partial charge in [0.05, 0.1) is 18.7 Å². The van der Waals surface area contributed by atoms with E-state index in [-0.39, 0.29) is 29.3 Å². The molecule has 1 heterocycles. The molecule has 0 radical (unpaired) electrons. The molecule has 5 N–H and O–H groups in total. The van der Waals surface area contributed by atoms with Gasteiger partial charge in [-0.05, 0) is 24.6 Å². The van der Waals surface area contributed by atoms with Crippen molar-refractivity contribution < 1.29 is 13.9 Å². The Labute approximate surface area is 138 Å². The van der Waals surface area contributed by atoms with Gasteiger partial charge in [0.2, 0.25) is 5.90 Å². The Morgan fingerprint density at radius 2 is 2.04 bits per heavy atom. The number of anilines is 2. The molecule has 2 rings (SSSR count). The van der Waals surface area contributed by atoms with Crippen LogP contribution in [0.5, 0.6) is 0 Å². The monoisotopic (exact) mass is 331 g/mol. The maximum atomic E-state index is 12.9. The number of nitrogens with zero attached hydrogens (tertiary/aromatic N) is 1. The van der Waals surface area contributed by atoms with Gasteiger partial charge in [0.15, 0.2) is 0 Å². The first-order valence-electron chi connectivity index (χ1n) is 7.12. The van der Waals surface area contributed by atoms with E-state index in [1.54, 1.807) is 19.1 Å². The van der Waals surface area contributed by atoms with Crippen molar-refractivity contribution in [2.45, 2.75) is 13.0 Å². The Morgan fingerprint density at radius 1 is 1.38 bits per heavy atom. The molecule has 7 nitrogen and oxygen atoms in total. The lowest BCUT2D eigenvalue weighted by Crippen LogP contribution is -2.31. The van der Waals surface area contributed by atoms with Crippen LogP contribution in [0.1, 0.15) is 24.1 Å². The topological polar surface area (TPSA) is 113 Å². The molecule has 2 aromatic rings. The van der Waals surface area contributed by atoms with Crippen LogP contribution in [0.15, 0.2) is 36.5 Å². The summed E-state index contributed by atoms with van der Waals surface area (Å²) in [6, 6.07) is 6.50. The lowest BCUT2D eigenvalue weighted by atomic mass is 10.1. The van der Waals surface area contributed by atoms with Crippen molar-refractivity contribution in [2.75, 3.05) is 18.2 Å². The quantitative estimate of drug-likeness (QED) is 0.509. The molecule has 0 bridgehead atoms. The van der Waals surface area contributed by atoms with Crippen molar-refractivity contribution in [3.63, 3.8) is 0 Å². The van der Waals surface area contributed by atoms with Gasteiger partial charge in [-0.3, -0.25) is 10.7 Å². The van der Waals surface area contributed by atoms with Crippen molar-refractivity contribution in [1.82, 2.24) is 10.3 Å². The molecule has 8 heteroatoms. The molecule has 0 saturated carbocycles. The summed E-state index contributed by atoms with van der Waals surface area (Å²) >= 11 is 0. The summed E-state index contributed by atoms with van der Waals surface area (Å²) in [6.45, 7) is 1.78. The summed E-state index contributed by atoms with van der Waals surface area (Å²) in [6.07, 6.45) is 1.35. The van der Waals surface area contributed by atoms with Crippen LogP contribution in [0.25, 0.3) is 0 Å². The fourth-order valence-corrected chi connectivity index (χ4v) is 2.02. The predicted octanol–water partition coefficient (Wildman–Crippen LogP) is 2.66. The number of pyridine rings is 1. The molecule has 1 atom stereocenters. The number of urea groups is 1. The summed E-state index contributed by atoms with van der Waals surface area (Å²) in [5.41, 5.74) is 7.18. The standard InChI is InChI=1S/C16H18FN5O2/c1-9(10-3-5-11(17)6-4-10)21-16(23)22-14-7-13(18)12(8-20-14)15(19)24-2/h3-9,19H,1-2H3,(H4,18,20,21,22,23). The lowest BCUT2D eigenvalue weighted by molar-refractivity contribution is 0.249. The van der Waals surface area contributed by atoms with E-state index in [1.165, 1.54) is 31.5 Å². The SMILES string of the molecule is COC(=N)c1cnc(NC(=O)NC(C)c2ccc(F)cc2)cc1N. The lowest BCUT2D eigenvalue weighted by Gasteiger charge is -2.15. The maximum Gasteiger partial charge on any atom is 0.320 e. The summed E-state index contributed by atoms with van der Waals surface area (Å²) in [4.78, 5) is 16.0. The summed E-state index contributed by atoms with van der Waals surface area (Å²) < 4.78 is 17.7. The highest BCUT2D eigenvalue weighted by molar-refractivity contribution is 5.97. The molecule has 2 amide bonds. The van der Waals surface area contributed by atoms with E-state index in [0.29, 0.717) is 5.56 Å². The highest BCUT2D eigenvalue weighted by Gasteiger charge is 2.12. The zero-order valence-corrected chi connectivity index (χ0v) is 13.3. The van der Waals surface area contributed by atoms with Crippen molar-refractivity contribution in [2.24, 2.45) is 0 Å². The van der Waals surface area contributed by atoms with Crippen LogP contribution in [0.3, 0.4) is 0 Å². The van der Waals surface area contributed by atoms with E-state index in [4.69, 9.17) is 15.9 Å². The Morgan fingerprint density at radius 3 is 2.62 bits per heavy atom. The number of hydrogen-bond acceptors (Lipinski definition) is 5. The van der Waals surface area contributed by atoms with Crippen molar-refractivity contribution >= 4 is 23.4 Å². The van der Waals surface area contributed by atoms with Gasteiger partial charge < -0.3 is 15.8 Å². The molecule has 1 unspecified atom stereocenters. The third-order valence-corrected chi connectivity index (χ3v) is 3.34. The Bertz CT molecular complexity index is 749. The van der Waals surface area contributed by atoms with Gasteiger partial charge in [-0.25, -0.2) is 14.2 Å². The number of carbonyl (C=O) groups is 1. The van der Waals surface area contributed by atoms with E-state index in [9.17, 15) is 9.18 Å². The van der Waals surface area contributed by atoms with E-state index in [1.807, 2.05) is 0 Å². The number of amides is 2. The fraction of sp³-hybridized carbons (Fsp3) is 0.188. The smallest absolute Gasteiger partial charge is 0.320 e. The zero-order valence-electron chi connectivity index (χ0n) is 13.3. The maximum absolute atomic E-state index is 12.9. The van der Waals surface area contributed by atoms with Gasteiger partial charge >= 0.3 is 6.03 Å². The summed E-state index contributed by atoms with van der Waals surface area (Å²) in [5, 5.41) is 12.8. The number of methoxy groups -OCH3 is 1. The molecule has 0 aliphatic heterocycles. The van der Waals surface area contributed by atoms with Crippen LogP contribution >= 0.6 is 0 Å². The molecule has 0 aliphatic rings. The molecule has 0 aliphatic carbocycles. The second-order valence-electron chi connectivity index (χ2n) is 5.06. The van der Waals surface area contributed by atoms with Gasteiger partial charge in [0.1, 0.15) is 11.6 Å². The largest absolute Gasteiger partial charge is 0.481 e. The number of carbonyl (C=O) groups excluding carboxylic acids is 1. The van der Waals surface area contributed by atoms with Crippen LogP contribution in [0.2, 0.25) is 0 Å². The van der Waals surface area contributed by atoms with Gasteiger partial charge in [-0.1, -0.05) is 12.1 Å². The Hall–Kier alpha value is -3.16. The second-order valence-corrected chi connectivity index (χ2v) is 5.06. The fourth-order valence-electron chi connectivity index (χ4n) is 2.02. The summed E-state index contributed by atoms with van der Waals surface area (Å²) in [5.74, 6) is -0.207. The molecule has 0 spiro atoms. The van der Waals surface area contributed by atoms with E-state index in [0.717, 1.165) is 5.56 Å². The highest BCUT2D eigenvalue weighted by atomic mass is 19.1. The van der Waals surface area contributed by atoms with Crippen LogP contribution in [-0.4, -0.2) is 24.0 Å². The molecule has 24 heavy (non-hydrogen) atoms. The van der Waals surface area contributed by atoms with Crippen LogP contribution in [0.4, 0.5) is 20.7 Å². The molecule has 1 aromatic heterocycles. The number of aromatic nitrogens is 1. The van der Waals surface area contributed by atoms with Gasteiger partial charge in [0.25, 0.3) is 0 Å². The van der Waals surface area contributed by atoms with Crippen LogP contribution in [0, 0.1) is 11.2 Å². The molecule has 0 fully saturated rings. The van der Waals surface area contributed by atoms with E-state index < -0.39 is 6.03 Å². The van der Waals surface area contributed by atoms with Gasteiger partial charge in [0, 0.05) is 18.0 Å². The highest BCUT2D eigenvalue weighted by Crippen LogP contribution is 2.17. The number of nitrogens with one attached hydrogen (secondary N) is 3. The first-order valence-corrected chi connectivity index (χ1v) is 7.12. The van der Waals surface area contributed by atoms with Crippen molar-refractivity contribution in [3.8, 4) is 0 Å². The number of nitrogen functional groups attached to an aromatic ring is 1. The minimum absolute atomic E-state index is 0.110. The number of halogens is 1. The van der Waals surface area contributed by atoms with E-state index in [2.05, 4.69) is 15.6 Å². The first kappa shape index (κ1) is 17.2. The molecule has 1 aromatic carbocycles. The Balaban J connectivity index is 2.00. The van der Waals surface area contributed by atoms with Crippen LogP contribution < -0.4 is 16.4 Å². The van der Waals surface area contributed by atoms with Gasteiger partial charge in [-0.2, -0.15) is 0 Å².